The van der Waals surface area contributed by atoms with Gasteiger partial charge in [0.1, 0.15) is 0 Å². The van der Waals surface area contributed by atoms with Crippen LogP contribution in [0, 0.1) is 5.92 Å². The van der Waals surface area contributed by atoms with Crippen molar-refractivity contribution >= 4 is 5.97 Å². The van der Waals surface area contributed by atoms with Gasteiger partial charge in [0.05, 0.1) is 13.0 Å². The van der Waals surface area contributed by atoms with Crippen LogP contribution in [0.25, 0.3) is 0 Å². The highest BCUT2D eigenvalue weighted by atomic mass is 16.5. The van der Waals surface area contributed by atoms with E-state index in [2.05, 4.69) is 40.2 Å². The van der Waals surface area contributed by atoms with Crippen LogP contribution < -0.4 is 0 Å². The van der Waals surface area contributed by atoms with Gasteiger partial charge in [0.25, 0.3) is 0 Å². The number of hydrogen-bond acceptors (Lipinski definition) is 4. The highest BCUT2D eigenvalue weighted by Crippen LogP contribution is 2.40. The Morgan fingerprint density at radius 3 is 2.79 bits per heavy atom. The predicted octanol–water partition coefficient (Wildman–Crippen LogP) is 3.60. The zero-order valence-electron chi connectivity index (χ0n) is 14.1. The Hall–Kier alpha value is -2.20. The number of pyridine rings is 1. The fourth-order valence-electron chi connectivity index (χ4n) is 3.60. The second kappa shape index (κ2) is 8.06. The lowest BCUT2D eigenvalue weighted by atomic mass is 9.91. The summed E-state index contributed by atoms with van der Waals surface area (Å²) in [5, 5.41) is 0. The number of carbonyl (C=O) groups is 1. The molecule has 2 unspecified atom stereocenters. The maximum atomic E-state index is 12.0. The van der Waals surface area contributed by atoms with Gasteiger partial charge in [-0.3, -0.25) is 14.7 Å². The molecule has 1 aromatic carbocycles. The molecule has 0 radical (unpaired) electrons. The second-order valence-corrected chi connectivity index (χ2v) is 6.25. The summed E-state index contributed by atoms with van der Waals surface area (Å²) < 4.78 is 5.17. The van der Waals surface area contributed by atoms with Crippen LogP contribution in [-0.4, -0.2) is 29.0 Å². The van der Waals surface area contributed by atoms with E-state index in [-0.39, 0.29) is 17.9 Å². The lowest BCUT2D eigenvalue weighted by Gasteiger charge is -2.28. The molecule has 1 fully saturated rings. The minimum Gasteiger partial charge on any atom is -0.466 e. The first-order valence-electron chi connectivity index (χ1n) is 8.61. The molecule has 3 rings (SSSR count). The molecule has 1 aliphatic heterocycles. The molecule has 0 saturated carbocycles. The first kappa shape index (κ1) is 16.7. The molecule has 0 bridgehead atoms. The molecule has 0 spiro atoms. The van der Waals surface area contributed by atoms with Crippen LogP contribution in [0.5, 0.6) is 0 Å². The number of carbonyl (C=O) groups excluding carboxylic acids is 1. The number of hydrogen-bond donors (Lipinski definition) is 0. The van der Waals surface area contributed by atoms with Crippen LogP contribution in [0.15, 0.2) is 54.9 Å². The highest BCUT2D eigenvalue weighted by molar-refractivity contribution is 5.69. The summed E-state index contributed by atoms with van der Waals surface area (Å²) in [7, 11) is 0. The third kappa shape index (κ3) is 4.01. The molecule has 126 valence electrons. The average molecular weight is 324 g/mol. The van der Waals surface area contributed by atoms with E-state index in [4.69, 9.17) is 4.74 Å². The number of ether oxygens (including phenoxy) is 1. The Morgan fingerprint density at radius 1 is 1.25 bits per heavy atom. The normalized spacial score (nSPS) is 20.9. The summed E-state index contributed by atoms with van der Waals surface area (Å²) in [4.78, 5) is 18.7. The molecule has 2 heterocycles. The SMILES string of the molecule is CCOC(=O)CC1CCN(Cc2ccccc2)C1c1cccnc1. The number of aromatic nitrogens is 1. The van der Waals surface area contributed by atoms with Gasteiger partial charge in [-0.25, -0.2) is 0 Å². The Labute approximate surface area is 143 Å². The zero-order chi connectivity index (χ0) is 16.8. The first-order chi connectivity index (χ1) is 11.8. The van der Waals surface area contributed by atoms with Gasteiger partial charge in [0.15, 0.2) is 0 Å². The van der Waals surface area contributed by atoms with Gasteiger partial charge in [-0.2, -0.15) is 0 Å². The summed E-state index contributed by atoms with van der Waals surface area (Å²) in [5.41, 5.74) is 2.48. The largest absolute Gasteiger partial charge is 0.466 e. The van der Waals surface area contributed by atoms with Crippen molar-refractivity contribution in [1.29, 1.82) is 0 Å². The molecular formula is C20H24N2O2. The van der Waals surface area contributed by atoms with Crippen LogP contribution in [0.4, 0.5) is 0 Å². The van der Waals surface area contributed by atoms with Crippen molar-refractivity contribution in [2.75, 3.05) is 13.2 Å². The number of benzene rings is 1. The van der Waals surface area contributed by atoms with Crippen molar-refractivity contribution in [3.63, 3.8) is 0 Å². The average Bonchev–Trinajstić information content (AvgIpc) is 2.99. The lowest BCUT2D eigenvalue weighted by Crippen LogP contribution is -2.26. The first-order valence-corrected chi connectivity index (χ1v) is 8.61. The van der Waals surface area contributed by atoms with Crippen LogP contribution in [-0.2, 0) is 16.1 Å². The van der Waals surface area contributed by atoms with Crippen LogP contribution >= 0.6 is 0 Å². The van der Waals surface area contributed by atoms with E-state index in [1.54, 1.807) is 6.20 Å². The minimum atomic E-state index is -0.0991. The molecule has 2 atom stereocenters. The monoisotopic (exact) mass is 324 g/mol. The molecular weight excluding hydrogens is 300 g/mol. The van der Waals surface area contributed by atoms with E-state index in [1.807, 2.05) is 25.3 Å². The molecule has 24 heavy (non-hydrogen) atoms. The van der Waals surface area contributed by atoms with E-state index in [9.17, 15) is 4.79 Å². The van der Waals surface area contributed by atoms with E-state index < -0.39 is 0 Å². The summed E-state index contributed by atoms with van der Waals surface area (Å²) >= 11 is 0. The van der Waals surface area contributed by atoms with Crippen LogP contribution in [0.3, 0.4) is 0 Å². The lowest BCUT2D eigenvalue weighted by molar-refractivity contribution is -0.144. The van der Waals surface area contributed by atoms with Crippen LogP contribution in [0.2, 0.25) is 0 Å². The van der Waals surface area contributed by atoms with E-state index in [0.29, 0.717) is 13.0 Å². The topological polar surface area (TPSA) is 42.4 Å². The minimum absolute atomic E-state index is 0.0991. The highest BCUT2D eigenvalue weighted by Gasteiger charge is 2.36. The van der Waals surface area contributed by atoms with E-state index in [0.717, 1.165) is 19.5 Å². The summed E-state index contributed by atoms with van der Waals surface area (Å²) in [6.45, 7) is 4.17. The van der Waals surface area contributed by atoms with Crippen molar-refractivity contribution in [3.8, 4) is 0 Å². The molecule has 0 amide bonds. The van der Waals surface area contributed by atoms with Gasteiger partial charge in [-0.05, 0) is 43.0 Å². The van der Waals surface area contributed by atoms with Crippen molar-refractivity contribution in [2.24, 2.45) is 5.92 Å². The summed E-state index contributed by atoms with van der Waals surface area (Å²) in [5.74, 6) is 0.176. The second-order valence-electron chi connectivity index (χ2n) is 6.25. The van der Waals surface area contributed by atoms with Crippen molar-refractivity contribution in [1.82, 2.24) is 9.88 Å². The van der Waals surface area contributed by atoms with Crippen molar-refractivity contribution in [3.05, 3.63) is 66.0 Å². The number of esters is 1. The standard InChI is InChI=1S/C20H24N2O2/c1-2-24-19(23)13-17-10-12-22(15-16-7-4-3-5-8-16)20(17)18-9-6-11-21-14-18/h3-9,11,14,17,20H,2,10,12-13,15H2,1H3. The maximum Gasteiger partial charge on any atom is 0.306 e. The molecule has 4 heteroatoms. The van der Waals surface area contributed by atoms with Crippen molar-refractivity contribution in [2.45, 2.75) is 32.4 Å². The van der Waals surface area contributed by atoms with Gasteiger partial charge < -0.3 is 4.74 Å². The van der Waals surface area contributed by atoms with Gasteiger partial charge >= 0.3 is 5.97 Å². The van der Waals surface area contributed by atoms with Gasteiger partial charge in [-0.15, -0.1) is 0 Å². The number of likely N-dealkylation sites (tertiary alicyclic amines) is 1. The molecule has 1 saturated heterocycles. The maximum absolute atomic E-state index is 12.0. The molecule has 1 aromatic heterocycles. The molecule has 2 aromatic rings. The summed E-state index contributed by atoms with van der Waals surface area (Å²) in [6.07, 6.45) is 5.19. The molecule has 4 nitrogen and oxygen atoms in total. The Bertz CT molecular complexity index is 645. The third-order valence-electron chi connectivity index (χ3n) is 4.62. The van der Waals surface area contributed by atoms with Gasteiger partial charge in [-0.1, -0.05) is 36.4 Å². The Morgan fingerprint density at radius 2 is 2.08 bits per heavy atom. The van der Waals surface area contributed by atoms with Crippen molar-refractivity contribution < 1.29 is 9.53 Å². The number of rotatable bonds is 6. The molecule has 0 aliphatic carbocycles. The number of nitrogens with zero attached hydrogens (tertiary/aromatic N) is 2. The van der Waals surface area contributed by atoms with Crippen LogP contribution in [0.1, 0.15) is 36.9 Å². The van der Waals surface area contributed by atoms with E-state index in [1.165, 1.54) is 11.1 Å². The predicted molar refractivity (Wildman–Crippen MR) is 93.2 cm³/mol. The smallest absolute Gasteiger partial charge is 0.306 e. The fourth-order valence-corrected chi connectivity index (χ4v) is 3.60. The summed E-state index contributed by atoms with van der Waals surface area (Å²) in [6, 6.07) is 14.8. The Balaban J connectivity index is 1.79. The fraction of sp³-hybridized carbons (Fsp3) is 0.400. The Kier molecular flexibility index (Phi) is 5.59. The van der Waals surface area contributed by atoms with Gasteiger partial charge in [0, 0.05) is 25.0 Å². The van der Waals surface area contributed by atoms with Gasteiger partial charge in [0.2, 0.25) is 0 Å². The quantitative estimate of drug-likeness (QED) is 0.762. The molecule has 1 aliphatic rings. The zero-order valence-corrected chi connectivity index (χ0v) is 14.1. The molecule has 0 N–H and O–H groups in total. The third-order valence-corrected chi connectivity index (χ3v) is 4.62. The van der Waals surface area contributed by atoms with E-state index >= 15 is 0 Å².